The zero-order valence-electron chi connectivity index (χ0n) is 22.4. The van der Waals surface area contributed by atoms with Crippen LogP contribution in [0.3, 0.4) is 0 Å². The van der Waals surface area contributed by atoms with Crippen molar-refractivity contribution in [1.29, 1.82) is 0 Å². The monoisotopic (exact) mass is 518 g/mol. The highest BCUT2D eigenvalue weighted by Gasteiger charge is 2.64. The first-order valence-corrected chi connectivity index (χ1v) is 12.7. The zero-order valence-corrected chi connectivity index (χ0v) is 22.4. The van der Waals surface area contributed by atoms with Crippen LogP contribution in [-0.2, 0) is 24.7 Å². The average molecular weight is 519 g/mol. The molecule has 0 aliphatic heterocycles. The Morgan fingerprint density at radius 2 is 1.68 bits per heavy atom. The van der Waals surface area contributed by atoms with Crippen molar-refractivity contribution in [3.63, 3.8) is 0 Å². The van der Waals surface area contributed by atoms with Crippen LogP contribution in [0.15, 0.2) is 65.3 Å². The number of alkyl halides is 3. The van der Waals surface area contributed by atoms with E-state index < -0.39 is 23.9 Å². The number of Topliss-reactive ketones (excluding diaryl/α,β-unsaturated/α-hetero) is 1. The SMILES string of the molecule is CO[C@@](C(=O)O[C@@H]1/C=C(\C)CC[C@H]2[C@@H](/C=C(\C)C(=O)C/C=C(\C)C1)C2(C)C)(c1ccccc1)C(F)(F)F. The van der Waals surface area contributed by atoms with Gasteiger partial charge in [-0.2, -0.15) is 13.2 Å². The second-order valence-electron chi connectivity index (χ2n) is 10.9. The highest BCUT2D eigenvalue weighted by atomic mass is 19.4. The molecule has 202 valence electrons. The molecule has 0 aromatic heterocycles. The molecular weight excluding hydrogens is 481 g/mol. The smallest absolute Gasteiger partial charge is 0.432 e. The first kappa shape index (κ1) is 28.9. The summed E-state index contributed by atoms with van der Waals surface area (Å²) >= 11 is 0. The molecular formula is C30H37F3O4. The van der Waals surface area contributed by atoms with E-state index in [0.29, 0.717) is 11.8 Å². The topological polar surface area (TPSA) is 52.6 Å². The first-order chi connectivity index (χ1) is 17.2. The number of hydrogen-bond donors (Lipinski definition) is 0. The minimum Gasteiger partial charge on any atom is -0.455 e. The molecule has 1 aromatic rings. The summed E-state index contributed by atoms with van der Waals surface area (Å²) in [6.45, 7) is 9.91. The maximum atomic E-state index is 14.4. The van der Waals surface area contributed by atoms with Crippen molar-refractivity contribution in [1.82, 2.24) is 0 Å². The Labute approximate surface area is 217 Å². The molecule has 7 heteroatoms. The summed E-state index contributed by atoms with van der Waals surface area (Å²) < 4.78 is 53.6. The molecule has 0 heterocycles. The van der Waals surface area contributed by atoms with E-state index in [2.05, 4.69) is 19.9 Å². The van der Waals surface area contributed by atoms with Gasteiger partial charge in [-0.1, -0.05) is 67.5 Å². The van der Waals surface area contributed by atoms with Crippen LogP contribution in [0, 0.1) is 17.3 Å². The number of carbonyl (C=O) groups excluding carboxylic acids is 2. The molecule has 0 bridgehead atoms. The van der Waals surface area contributed by atoms with E-state index in [-0.39, 0.29) is 29.6 Å². The number of carbonyl (C=O) groups is 2. The Balaban J connectivity index is 1.95. The van der Waals surface area contributed by atoms with E-state index in [9.17, 15) is 22.8 Å². The number of esters is 1. The summed E-state index contributed by atoms with van der Waals surface area (Å²) in [5.41, 5.74) is -1.10. The number of rotatable bonds is 4. The van der Waals surface area contributed by atoms with Gasteiger partial charge in [0.05, 0.1) is 0 Å². The number of ether oxygens (including phenoxy) is 2. The van der Waals surface area contributed by atoms with Crippen LogP contribution in [0.5, 0.6) is 0 Å². The Bertz CT molecular complexity index is 1100. The summed E-state index contributed by atoms with van der Waals surface area (Å²) in [7, 11) is 0.858. The number of halogens is 3. The Kier molecular flexibility index (Phi) is 8.57. The predicted octanol–water partition coefficient (Wildman–Crippen LogP) is 7.26. The molecule has 0 saturated heterocycles. The van der Waals surface area contributed by atoms with E-state index in [4.69, 9.17) is 9.47 Å². The van der Waals surface area contributed by atoms with Crippen LogP contribution >= 0.6 is 0 Å². The van der Waals surface area contributed by atoms with E-state index in [0.717, 1.165) is 36.7 Å². The van der Waals surface area contributed by atoms with Crippen molar-refractivity contribution in [3.8, 4) is 0 Å². The van der Waals surface area contributed by atoms with Crippen LogP contribution in [-0.4, -0.2) is 31.1 Å². The molecule has 4 nitrogen and oxygen atoms in total. The molecule has 1 saturated carbocycles. The fourth-order valence-electron chi connectivity index (χ4n) is 5.39. The van der Waals surface area contributed by atoms with Crippen molar-refractivity contribution < 1.29 is 32.2 Å². The van der Waals surface area contributed by atoms with Crippen molar-refractivity contribution >= 4 is 11.8 Å². The fourth-order valence-corrected chi connectivity index (χ4v) is 5.39. The largest absolute Gasteiger partial charge is 0.455 e. The van der Waals surface area contributed by atoms with Gasteiger partial charge in [0.1, 0.15) is 6.10 Å². The van der Waals surface area contributed by atoms with Crippen LogP contribution in [0.4, 0.5) is 13.2 Å². The third kappa shape index (κ3) is 6.08. The van der Waals surface area contributed by atoms with Crippen molar-refractivity contribution in [2.45, 2.75) is 78.2 Å². The van der Waals surface area contributed by atoms with Gasteiger partial charge in [-0.3, -0.25) is 4.79 Å². The lowest BCUT2D eigenvalue weighted by atomic mass is 9.92. The highest BCUT2D eigenvalue weighted by molar-refractivity contribution is 5.95. The van der Waals surface area contributed by atoms with Crippen LogP contribution < -0.4 is 0 Å². The van der Waals surface area contributed by atoms with Gasteiger partial charge in [0.2, 0.25) is 0 Å². The van der Waals surface area contributed by atoms with Crippen LogP contribution in [0.25, 0.3) is 0 Å². The van der Waals surface area contributed by atoms with Gasteiger partial charge < -0.3 is 9.47 Å². The molecule has 0 spiro atoms. The van der Waals surface area contributed by atoms with Gasteiger partial charge in [-0.25, -0.2) is 4.79 Å². The molecule has 37 heavy (non-hydrogen) atoms. The van der Waals surface area contributed by atoms with E-state index in [1.807, 2.05) is 13.8 Å². The highest BCUT2D eigenvalue weighted by Crippen LogP contribution is 2.61. The number of methoxy groups -OCH3 is 1. The average Bonchev–Trinajstić information content (AvgIpc) is 3.33. The number of ketones is 1. The fraction of sp³-hybridized carbons (Fsp3) is 0.533. The number of hydrogen-bond acceptors (Lipinski definition) is 4. The second-order valence-corrected chi connectivity index (χ2v) is 10.9. The molecule has 0 radical (unpaired) electrons. The van der Waals surface area contributed by atoms with Gasteiger partial charge >= 0.3 is 12.1 Å². The molecule has 0 unspecified atom stereocenters. The standard InChI is InChI=1S/C30H37F3O4/c1-19-12-14-24-25(28(24,4)5)18-21(3)26(34)15-13-20(2)17-23(16-19)37-27(35)29(36-6,30(31,32)33)22-10-8-7-9-11-22/h7-11,13,16,18,23-25H,12,14-15,17H2,1-6H3/b19-16+,20-13+,21-18+/t23-,24+,25-,29-/m1/s1. The van der Waals surface area contributed by atoms with Gasteiger partial charge in [0.15, 0.2) is 5.78 Å². The Morgan fingerprint density at radius 3 is 2.27 bits per heavy atom. The molecule has 2 aliphatic carbocycles. The van der Waals surface area contributed by atoms with Gasteiger partial charge in [0, 0.05) is 25.5 Å². The first-order valence-electron chi connectivity index (χ1n) is 12.7. The van der Waals surface area contributed by atoms with Crippen LogP contribution in [0.2, 0.25) is 0 Å². The lowest BCUT2D eigenvalue weighted by Crippen LogP contribution is -2.52. The minimum absolute atomic E-state index is 0.0117. The molecule has 3 rings (SSSR count). The normalized spacial score (nSPS) is 30.7. The summed E-state index contributed by atoms with van der Waals surface area (Å²) in [6.07, 6.45) is 1.54. The van der Waals surface area contributed by atoms with E-state index in [1.165, 1.54) is 24.3 Å². The quantitative estimate of drug-likeness (QED) is 0.311. The third-order valence-electron chi connectivity index (χ3n) is 7.92. The third-order valence-corrected chi connectivity index (χ3v) is 7.92. The minimum atomic E-state index is -5.05. The van der Waals surface area contributed by atoms with Crippen molar-refractivity contribution in [3.05, 3.63) is 70.8 Å². The number of allylic oxidation sites excluding steroid dienone is 4. The van der Waals surface area contributed by atoms with Gasteiger partial charge in [0.25, 0.3) is 5.60 Å². The molecule has 1 fully saturated rings. The molecule has 2 aliphatic rings. The predicted molar refractivity (Wildman–Crippen MR) is 137 cm³/mol. The van der Waals surface area contributed by atoms with Gasteiger partial charge in [-0.05, 0) is 62.5 Å². The summed E-state index contributed by atoms with van der Waals surface area (Å²) in [5, 5.41) is 0. The lowest BCUT2D eigenvalue weighted by molar-refractivity contribution is -0.277. The van der Waals surface area contributed by atoms with Crippen molar-refractivity contribution in [2.75, 3.05) is 7.11 Å². The molecule has 4 atom stereocenters. The molecule has 0 amide bonds. The second kappa shape index (κ2) is 11.0. The molecule has 0 N–H and O–H groups in total. The van der Waals surface area contributed by atoms with Crippen LogP contribution in [0.1, 0.15) is 65.9 Å². The van der Waals surface area contributed by atoms with Crippen molar-refractivity contribution in [2.24, 2.45) is 17.3 Å². The summed E-state index contributed by atoms with van der Waals surface area (Å²) in [6, 6.07) is 6.80. The maximum absolute atomic E-state index is 14.4. The number of benzene rings is 1. The maximum Gasteiger partial charge on any atom is 0.432 e. The Hall–Kier alpha value is -2.67. The zero-order chi connectivity index (χ0) is 27.6. The summed E-state index contributed by atoms with van der Waals surface area (Å²) in [4.78, 5) is 26.0. The van der Waals surface area contributed by atoms with E-state index in [1.54, 1.807) is 25.1 Å². The number of fused-ring (bicyclic) bond motifs is 1. The summed E-state index contributed by atoms with van der Waals surface area (Å²) in [5.74, 6) is -0.789. The lowest BCUT2D eigenvalue weighted by Gasteiger charge is -2.33. The molecule has 1 aromatic carbocycles. The van der Waals surface area contributed by atoms with E-state index >= 15 is 0 Å². The van der Waals surface area contributed by atoms with Gasteiger partial charge in [-0.15, -0.1) is 0 Å². The Morgan fingerprint density at radius 1 is 1.03 bits per heavy atom.